The first-order valence-corrected chi connectivity index (χ1v) is 8.47. The molecule has 6 nitrogen and oxygen atoms in total. The van der Waals surface area contributed by atoms with Gasteiger partial charge in [-0.2, -0.15) is 0 Å². The van der Waals surface area contributed by atoms with Crippen LogP contribution in [0.2, 0.25) is 0 Å². The van der Waals surface area contributed by atoms with Crippen LogP contribution in [0.25, 0.3) is 0 Å². The number of hydrogen-bond acceptors (Lipinski definition) is 4. The van der Waals surface area contributed by atoms with Gasteiger partial charge in [0.05, 0.1) is 12.7 Å². The van der Waals surface area contributed by atoms with Crippen molar-refractivity contribution >= 4 is 29.9 Å². The average Bonchev–Trinajstić information content (AvgIpc) is 3.01. The van der Waals surface area contributed by atoms with Crippen molar-refractivity contribution < 1.29 is 9.47 Å². The highest BCUT2D eigenvalue weighted by Crippen LogP contribution is 2.11. The van der Waals surface area contributed by atoms with E-state index in [2.05, 4.69) is 41.4 Å². The van der Waals surface area contributed by atoms with Crippen molar-refractivity contribution in [1.82, 2.24) is 15.5 Å². The van der Waals surface area contributed by atoms with Gasteiger partial charge < -0.3 is 25.0 Å². The molecule has 1 atom stereocenters. The van der Waals surface area contributed by atoms with E-state index in [0.29, 0.717) is 12.1 Å². The van der Waals surface area contributed by atoms with Crippen LogP contribution in [-0.2, 0) is 9.47 Å². The molecule has 1 aliphatic heterocycles. The summed E-state index contributed by atoms with van der Waals surface area (Å²) in [6.07, 6.45) is 3.60. The summed E-state index contributed by atoms with van der Waals surface area (Å²) in [6.45, 7) is 9.54. The lowest BCUT2D eigenvalue weighted by molar-refractivity contribution is 0.0168. The molecule has 1 fully saturated rings. The molecule has 1 aliphatic rings. The molecule has 7 heteroatoms. The highest BCUT2D eigenvalue weighted by molar-refractivity contribution is 14.0. The van der Waals surface area contributed by atoms with Gasteiger partial charge in [0.1, 0.15) is 0 Å². The number of guanidine groups is 1. The lowest BCUT2D eigenvalue weighted by atomic mass is 10.2. The monoisotopic (exact) mass is 442 g/mol. The second-order valence-corrected chi connectivity index (χ2v) is 6.06. The smallest absolute Gasteiger partial charge is 0.191 e. The highest BCUT2D eigenvalue weighted by Gasteiger charge is 2.14. The molecular formula is C16H35IN4O2. The molecule has 0 aromatic rings. The van der Waals surface area contributed by atoms with Gasteiger partial charge in [-0.15, -0.1) is 24.0 Å². The van der Waals surface area contributed by atoms with Crippen LogP contribution >= 0.6 is 24.0 Å². The first-order valence-electron chi connectivity index (χ1n) is 8.47. The summed E-state index contributed by atoms with van der Waals surface area (Å²) in [5, 5.41) is 6.64. The van der Waals surface area contributed by atoms with Crippen LogP contribution in [0.1, 0.15) is 33.1 Å². The Bertz CT molecular complexity index is 310. The van der Waals surface area contributed by atoms with Gasteiger partial charge >= 0.3 is 0 Å². The van der Waals surface area contributed by atoms with Crippen LogP contribution in [0.4, 0.5) is 0 Å². The summed E-state index contributed by atoms with van der Waals surface area (Å²) in [6, 6.07) is 0.567. The third-order valence-electron chi connectivity index (χ3n) is 3.95. The number of rotatable bonds is 10. The minimum Gasteiger partial charge on any atom is -0.379 e. The number of ether oxygens (including phenoxy) is 2. The molecule has 0 spiro atoms. The number of nitrogens with one attached hydrogen (secondary N) is 2. The molecule has 138 valence electrons. The molecule has 1 heterocycles. The van der Waals surface area contributed by atoms with Crippen molar-refractivity contribution in [2.24, 2.45) is 4.99 Å². The molecule has 0 aromatic carbocycles. The van der Waals surface area contributed by atoms with Crippen LogP contribution in [-0.4, -0.2) is 76.6 Å². The molecule has 0 aliphatic carbocycles. The average molecular weight is 442 g/mol. The molecule has 0 radical (unpaired) electrons. The van der Waals surface area contributed by atoms with Crippen molar-refractivity contribution in [1.29, 1.82) is 0 Å². The van der Waals surface area contributed by atoms with Crippen LogP contribution in [0.3, 0.4) is 0 Å². The zero-order valence-corrected chi connectivity index (χ0v) is 17.5. The number of likely N-dealkylation sites (N-methyl/N-ethyl adjacent to an activating group) is 1. The summed E-state index contributed by atoms with van der Waals surface area (Å²) in [5.74, 6) is 0.858. The fourth-order valence-corrected chi connectivity index (χ4v) is 2.20. The maximum atomic E-state index is 5.64. The number of halogens is 1. The SMILES string of the molecule is CN=C(NCCCOCC1CCCO1)NCCN(C)C(C)C.I. The summed E-state index contributed by atoms with van der Waals surface area (Å²) in [4.78, 5) is 6.53. The third-order valence-corrected chi connectivity index (χ3v) is 3.95. The van der Waals surface area contributed by atoms with Gasteiger partial charge in [-0.25, -0.2) is 0 Å². The standard InChI is InChI=1S/C16H34N4O2.HI/c1-14(2)20(4)10-9-19-16(17-3)18-8-6-11-21-13-15-7-5-12-22-15;/h14-15H,5-13H2,1-4H3,(H2,17,18,19);1H. The number of nitrogens with zero attached hydrogens (tertiary/aromatic N) is 2. The highest BCUT2D eigenvalue weighted by atomic mass is 127. The van der Waals surface area contributed by atoms with E-state index in [1.165, 1.54) is 6.42 Å². The van der Waals surface area contributed by atoms with Gasteiger partial charge in [-0.05, 0) is 40.2 Å². The zero-order chi connectivity index (χ0) is 16.2. The van der Waals surface area contributed by atoms with Crippen LogP contribution in [0.5, 0.6) is 0 Å². The fourth-order valence-electron chi connectivity index (χ4n) is 2.20. The quantitative estimate of drug-likeness (QED) is 0.234. The molecule has 0 aromatic heterocycles. The molecule has 0 saturated carbocycles. The first-order chi connectivity index (χ1) is 10.6. The minimum atomic E-state index is 0. The summed E-state index contributed by atoms with van der Waals surface area (Å²) in [7, 11) is 3.93. The molecule has 1 rings (SSSR count). The van der Waals surface area contributed by atoms with Gasteiger partial charge in [0, 0.05) is 45.9 Å². The molecule has 1 saturated heterocycles. The largest absolute Gasteiger partial charge is 0.379 e. The Hall–Kier alpha value is -0.120. The summed E-state index contributed by atoms with van der Waals surface area (Å²) in [5.41, 5.74) is 0. The molecular weight excluding hydrogens is 407 g/mol. The topological polar surface area (TPSA) is 58.1 Å². The maximum absolute atomic E-state index is 5.64. The Morgan fingerprint density at radius 2 is 2.09 bits per heavy atom. The van der Waals surface area contributed by atoms with Crippen LogP contribution in [0, 0.1) is 0 Å². The Balaban J connectivity index is 0.00000484. The summed E-state index contributed by atoms with van der Waals surface area (Å²) < 4.78 is 11.2. The van der Waals surface area contributed by atoms with E-state index in [-0.39, 0.29) is 24.0 Å². The van der Waals surface area contributed by atoms with E-state index >= 15 is 0 Å². The number of hydrogen-bond donors (Lipinski definition) is 2. The number of aliphatic imine (C=N–C) groups is 1. The van der Waals surface area contributed by atoms with Gasteiger partial charge in [-0.3, -0.25) is 4.99 Å². The Labute approximate surface area is 158 Å². The van der Waals surface area contributed by atoms with Crippen molar-refractivity contribution in [3.8, 4) is 0 Å². The third kappa shape index (κ3) is 11.1. The van der Waals surface area contributed by atoms with Gasteiger partial charge in [0.15, 0.2) is 5.96 Å². The fraction of sp³-hybridized carbons (Fsp3) is 0.938. The minimum absolute atomic E-state index is 0. The van der Waals surface area contributed by atoms with E-state index in [1.54, 1.807) is 7.05 Å². The van der Waals surface area contributed by atoms with E-state index in [9.17, 15) is 0 Å². The van der Waals surface area contributed by atoms with Crippen LogP contribution in [0.15, 0.2) is 4.99 Å². The van der Waals surface area contributed by atoms with Crippen molar-refractivity contribution in [2.75, 3.05) is 53.6 Å². The second-order valence-electron chi connectivity index (χ2n) is 6.06. The van der Waals surface area contributed by atoms with Gasteiger partial charge in [0.2, 0.25) is 0 Å². The molecule has 2 N–H and O–H groups in total. The van der Waals surface area contributed by atoms with E-state index in [0.717, 1.165) is 58.3 Å². The molecule has 23 heavy (non-hydrogen) atoms. The molecule has 1 unspecified atom stereocenters. The van der Waals surface area contributed by atoms with Gasteiger partial charge in [0.25, 0.3) is 0 Å². The summed E-state index contributed by atoms with van der Waals surface area (Å²) >= 11 is 0. The van der Waals surface area contributed by atoms with Crippen molar-refractivity contribution in [2.45, 2.75) is 45.3 Å². The van der Waals surface area contributed by atoms with Crippen molar-refractivity contribution in [3.63, 3.8) is 0 Å². The Morgan fingerprint density at radius 1 is 1.35 bits per heavy atom. The molecule has 0 amide bonds. The second kappa shape index (κ2) is 14.2. The lowest BCUT2D eigenvalue weighted by Gasteiger charge is -2.21. The Kier molecular flexibility index (Phi) is 14.2. The maximum Gasteiger partial charge on any atom is 0.191 e. The van der Waals surface area contributed by atoms with E-state index < -0.39 is 0 Å². The van der Waals surface area contributed by atoms with Crippen LogP contribution < -0.4 is 10.6 Å². The molecule has 0 bridgehead atoms. The Morgan fingerprint density at radius 3 is 2.70 bits per heavy atom. The normalized spacial score (nSPS) is 18.3. The van der Waals surface area contributed by atoms with E-state index in [4.69, 9.17) is 9.47 Å². The predicted octanol–water partition coefficient (Wildman–Crippen LogP) is 1.70. The first kappa shape index (κ1) is 22.9. The van der Waals surface area contributed by atoms with Gasteiger partial charge in [-0.1, -0.05) is 0 Å². The zero-order valence-electron chi connectivity index (χ0n) is 15.1. The van der Waals surface area contributed by atoms with E-state index in [1.807, 2.05) is 0 Å². The lowest BCUT2D eigenvalue weighted by Crippen LogP contribution is -2.42. The predicted molar refractivity (Wildman–Crippen MR) is 107 cm³/mol. The van der Waals surface area contributed by atoms with Crippen molar-refractivity contribution in [3.05, 3.63) is 0 Å².